The van der Waals surface area contributed by atoms with E-state index in [1.807, 2.05) is 0 Å². The largest absolute Gasteiger partial charge is 0.390 e. The minimum Gasteiger partial charge on any atom is -0.390 e. The third-order valence-corrected chi connectivity index (χ3v) is 2.24. The van der Waals surface area contributed by atoms with E-state index in [9.17, 15) is 8.99 Å². The molecule has 1 aliphatic heterocycles. The molecule has 1 aliphatic rings. The monoisotopic (exact) mass is 198 g/mol. The van der Waals surface area contributed by atoms with E-state index in [0.717, 1.165) is 0 Å². The number of hydrogen-bond donors (Lipinski definition) is 3. The summed E-state index contributed by atoms with van der Waals surface area (Å²) in [5.74, 6) is -0.0368. The van der Waals surface area contributed by atoms with Crippen molar-refractivity contribution in [3.8, 4) is 0 Å². The molecule has 1 fully saturated rings. The fourth-order valence-electron chi connectivity index (χ4n) is 1.09. The Kier molecular flexibility index (Phi) is 3.73. The molecule has 0 aliphatic carbocycles. The van der Waals surface area contributed by atoms with Gasteiger partial charge in [0.15, 0.2) is 6.29 Å². The molecule has 0 aromatic heterocycles. The van der Waals surface area contributed by atoms with E-state index in [2.05, 4.69) is 0 Å². The van der Waals surface area contributed by atoms with Crippen molar-refractivity contribution in [3.63, 3.8) is 0 Å². The Morgan fingerprint density at radius 1 is 1.33 bits per heavy atom. The minimum atomic E-state index is -1.31. The van der Waals surface area contributed by atoms with Crippen molar-refractivity contribution in [1.29, 1.82) is 0 Å². The average molecular weight is 198 g/mol. The van der Waals surface area contributed by atoms with Crippen molar-refractivity contribution >= 4 is 12.1 Å². The quantitative estimate of drug-likeness (QED) is 0.554. The van der Waals surface area contributed by atoms with Crippen LogP contribution in [0.15, 0.2) is 0 Å². The summed E-state index contributed by atoms with van der Waals surface area (Å²) in [5.41, 5.74) is 0. The molecule has 0 amide bonds. The highest BCUT2D eigenvalue weighted by Gasteiger charge is 2.35. The zero-order valence-corrected chi connectivity index (χ0v) is 7.08. The van der Waals surface area contributed by atoms with Gasteiger partial charge in [-0.05, 0) is 0 Å². The molecule has 1 heterocycles. The predicted molar refractivity (Wildman–Crippen MR) is 41.1 cm³/mol. The summed E-state index contributed by atoms with van der Waals surface area (Å²) >= 11 is 0.0374. The summed E-state index contributed by atoms with van der Waals surface area (Å²) in [4.78, 5) is 0. The van der Waals surface area contributed by atoms with E-state index in [4.69, 9.17) is 14.9 Å². The van der Waals surface area contributed by atoms with Gasteiger partial charge in [-0.15, -0.1) is 0 Å². The van der Waals surface area contributed by atoms with Crippen LogP contribution < -0.4 is 0 Å². The van der Waals surface area contributed by atoms with Gasteiger partial charge in [0.1, 0.15) is 6.10 Å². The van der Waals surface area contributed by atoms with Gasteiger partial charge in [-0.3, -0.25) is 0 Å². The molecule has 4 nitrogen and oxygen atoms in total. The van der Waals surface area contributed by atoms with Gasteiger partial charge in [0.25, 0.3) is 0 Å². The number of aliphatic hydroxyl groups is 3. The number of halogens is 1. The van der Waals surface area contributed by atoms with Crippen LogP contribution in [0.25, 0.3) is 0 Å². The van der Waals surface area contributed by atoms with E-state index in [-0.39, 0.29) is 24.3 Å². The van der Waals surface area contributed by atoms with Crippen LogP contribution in [0.3, 0.4) is 0 Å². The normalized spacial score (nSPS) is 43.0. The van der Waals surface area contributed by atoms with Crippen LogP contribution in [0.1, 0.15) is 6.42 Å². The van der Waals surface area contributed by atoms with Gasteiger partial charge in [0.05, 0.1) is 18.0 Å². The molecule has 0 bridgehead atoms. The lowest BCUT2D eigenvalue weighted by atomic mass is 10.0. The zero-order valence-electron chi connectivity index (χ0n) is 6.26. The Bertz CT molecular complexity index is 148. The SMILES string of the molecule is OC1O[C@@H](CSF)C(O)C[C@H]1O. The molecule has 0 spiro atoms. The predicted octanol–water partition coefficient (Wildman–Crippen LogP) is -0.567. The van der Waals surface area contributed by atoms with E-state index >= 15 is 0 Å². The highest BCUT2D eigenvalue weighted by molar-refractivity contribution is 7.94. The highest BCUT2D eigenvalue weighted by Crippen LogP contribution is 2.21. The Balaban J connectivity index is 2.43. The van der Waals surface area contributed by atoms with Crippen LogP contribution in [0.4, 0.5) is 3.89 Å². The first-order valence-corrected chi connectivity index (χ1v) is 4.47. The summed E-state index contributed by atoms with van der Waals surface area (Å²) in [5, 5.41) is 27.2. The van der Waals surface area contributed by atoms with Gasteiger partial charge in [0, 0.05) is 18.6 Å². The second-order valence-corrected chi connectivity index (χ2v) is 3.26. The van der Waals surface area contributed by atoms with Crippen molar-refractivity contribution in [1.82, 2.24) is 0 Å². The van der Waals surface area contributed by atoms with Crippen molar-refractivity contribution in [2.45, 2.75) is 31.0 Å². The molecule has 6 heteroatoms. The van der Waals surface area contributed by atoms with E-state index in [1.165, 1.54) is 0 Å². The minimum absolute atomic E-state index is 0.0202. The second-order valence-electron chi connectivity index (χ2n) is 2.71. The molecule has 0 aromatic carbocycles. The molecule has 1 saturated heterocycles. The lowest BCUT2D eigenvalue weighted by Gasteiger charge is -2.33. The second kappa shape index (κ2) is 4.38. The maximum Gasteiger partial charge on any atom is 0.181 e. The molecule has 0 saturated carbocycles. The molecule has 0 radical (unpaired) electrons. The number of aliphatic hydroxyl groups excluding tert-OH is 3. The molecular formula is C6H11FO4S. The van der Waals surface area contributed by atoms with Gasteiger partial charge >= 0.3 is 0 Å². The zero-order chi connectivity index (χ0) is 9.14. The fourth-order valence-corrected chi connectivity index (χ4v) is 1.51. The first-order chi connectivity index (χ1) is 5.65. The number of ether oxygens (including phenoxy) is 1. The van der Waals surface area contributed by atoms with Gasteiger partial charge in [-0.1, -0.05) is 0 Å². The Hall–Kier alpha value is 0.120. The van der Waals surface area contributed by atoms with Crippen LogP contribution in [-0.4, -0.2) is 45.7 Å². The summed E-state index contributed by atoms with van der Waals surface area (Å²) in [6.07, 6.45) is -4.02. The lowest BCUT2D eigenvalue weighted by molar-refractivity contribution is -0.239. The number of hydrogen-bond acceptors (Lipinski definition) is 5. The van der Waals surface area contributed by atoms with Crippen molar-refractivity contribution in [2.75, 3.05) is 5.75 Å². The lowest BCUT2D eigenvalue weighted by Crippen LogP contribution is -2.48. The number of rotatable bonds is 2. The van der Waals surface area contributed by atoms with Gasteiger partial charge in [-0.25, -0.2) is 0 Å². The van der Waals surface area contributed by atoms with Crippen molar-refractivity contribution in [3.05, 3.63) is 0 Å². The van der Waals surface area contributed by atoms with Crippen LogP contribution in [-0.2, 0) is 4.74 Å². The first kappa shape index (κ1) is 10.2. The Labute approximate surface area is 73.6 Å². The summed E-state index contributed by atoms with van der Waals surface area (Å²) in [6, 6.07) is 0. The van der Waals surface area contributed by atoms with Crippen LogP contribution >= 0.6 is 12.1 Å². The molecular weight excluding hydrogens is 187 g/mol. The smallest absolute Gasteiger partial charge is 0.181 e. The summed E-state index contributed by atoms with van der Waals surface area (Å²) in [7, 11) is 0. The van der Waals surface area contributed by atoms with E-state index in [0.29, 0.717) is 0 Å². The standard InChI is InChI=1S/C6H11FO4S/c7-12-2-5-3(8)1-4(9)6(10)11-5/h3-6,8-10H,1-2H2/t3?,4-,5+,6?/m1/s1. The molecule has 4 atom stereocenters. The molecule has 12 heavy (non-hydrogen) atoms. The van der Waals surface area contributed by atoms with E-state index in [1.54, 1.807) is 0 Å². The average Bonchev–Trinajstić information content (AvgIpc) is 2.01. The first-order valence-electron chi connectivity index (χ1n) is 3.58. The topological polar surface area (TPSA) is 69.9 Å². The third-order valence-electron chi connectivity index (χ3n) is 1.78. The van der Waals surface area contributed by atoms with Crippen molar-refractivity contribution < 1.29 is 23.9 Å². The van der Waals surface area contributed by atoms with Gasteiger partial charge < -0.3 is 20.1 Å². The molecule has 0 aromatic rings. The maximum atomic E-state index is 11.8. The molecule has 3 N–H and O–H groups in total. The van der Waals surface area contributed by atoms with Crippen LogP contribution in [0.5, 0.6) is 0 Å². The Morgan fingerprint density at radius 2 is 2.00 bits per heavy atom. The fraction of sp³-hybridized carbons (Fsp3) is 1.00. The van der Waals surface area contributed by atoms with Gasteiger partial charge in [-0.2, -0.15) is 3.89 Å². The third kappa shape index (κ3) is 2.30. The van der Waals surface area contributed by atoms with Crippen molar-refractivity contribution in [2.24, 2.45) is 0 Å². The molecule has 1 rings (SSSR count). The molecule has 72 valence electrons. The maximum absolute atomic E-state index is 11.8. The van der Waals surface area contributed by atoms with Crippen LogP contribution in [0, 0.1) is 0 Å². The highest BCUT2D eigenvalue weighted by atomic mass is 32.2. The van der Waals surface area contributed by atoms with Gasteiger partial charge in [0.2, 0.25) is 0 Å². The summed E-state index contributed by atoms with van der Waals surface area (Å²) < 4.78 is 16.5. The Morgan fingerprint density at radius 3 is 2.58 bits per heavy atom. The summed E-state index contributed by atoms with van der Waals surface area (Å²) in [6.45, 7) is 0. The molecule has 2 unspecified atom stereocenters. The van der Waals surface area contributed by atoms with E-state index < -0.39 is 24.6 Å². The van der Waals surface area contributed by atoms with Crippen LogP contribution in [0.2, 0.25) is 0 Å².